The number of hydrogen-bond donors (Lipinski definition) is 2. The van der Waals surface area contributed by atoms with E-state index in [2.05, 4.69) is 20.3 Å². The maximum atomic E-state index is 13.0. The van der Waals surface area contributed by atoms with Gasteiger partial charge in [0.15, 0.2) is 0 Å². The van der Waals surface area contributed by atoms with Crippen LogP contribution in [0.25, 0.3) is 10.9 Å². The number of fused-ring (bicyclic) bond motifs is 1. The molecule has 2 heterocycles. The quantitative estimate of drug-likeness (QED) is 0.448. The van der Waals surface area contributed by atoms with Gasteiger partial charge < -0.3 is 10.4 Å². The van der Waals surface area contributed by atoms with Crippen LogP contribution < -0.4 is 5.32 Å². The average molecular weight is 424 g/mol. The summed E-state index contributed by atoms with van der Waals surface area (Å²) in [6, 6.07) is 13.1. The Bertz CT molecular complexity index is 1240. The lowest BCUT2D eigenvalue weighted by Gasteiger charge is -2.22. The molecule has 0 saturated heterocycles. The topological polar surface area (TPSA) is 70.9 Å². The first kappa shape index (κ1) is 20.6. The summed E-state index contributed by atoms with van der Waals surface area (Å²) in [5.41, 5.74) is 2.10. The van der Waals surface area contributed by atoms with Crippen LogP contribution in [0.5, 0.6) is 5.75 Å². The second-order valence-electron chi connectivity index (χ2n) is 7.25. The molecule has 0 spiro atoms. The number of phenols is 1. The third-order valence-electron chi connectivity index (χ3n) is 4.96. The maximum Gasteiger partial charge on any atom is 0.416 e. The fourth-order valence-electron chi connectivity index (χ4n) is 3.37. The molecule has 0 aliphatic carbocycles. The van der Waals surface area contributed by atoms with Gasteiger partial charge in [-0.15, -0.1) is 0 Å². The van der Waals surface area contributed by atoms with Crippen molar-refractivity contribution in [1.29, 1.82) is 0 Å². The van der Waals surface area contributed by atoms with Crippen LogP contribution >= 0.6 is 0 Å². The van der Waals surface area contributed by atoms with E-state index in [4.69, 9.17) is 0 Å². The number of aromatic hydroxyl groups is 1. The minimum Gasteiger partial charge on any atom is -0.505 e. The fourth-order valence-corrected chi connectivity index (χ4v) is 3.37. The van der Waals surface area contributed by atoms with E-state index in [0.717, 1.165) is 28.9 Å². The number of hydrogen-bond acceptors (Lipinski definition) is 5. The highest BCUT2D eigenvalue weighted by Gasteiger charge is 2.30. The Morgan fingerprint density at radius 1 is 0.871 bits per heavy atom. The number of anilines is 1. The molecule has 0 aliphatic heterocycles. The molecule has 158 valence electrons. The summed E-state index contributed by atoms with van der Waals surface area (Å²) in [5.74, 6) is 0.243. The number of halogens is 3. The lowest BCUT2D eigenvalue weighted by molar-refractivity contribution is -0.137. The molecular weight excluding hydrogens is 405 g/mol. The Kier molecular flexibility index (Phi) is 5.22. The molecule has 2 N–H and O–H groups in total. The first-order valence-electron chi connectivity index (χ1n) is 9.55. The molecule has 2 aromatic carbocycles. The van der Waals surface area contributed by atoms with Crippen molar-refractivity contribution in [2.24, 2.45) is 0 Å². The molecular formula is C23H19F3N4O. The number of nitrogens with one attached hydrogen (secondary N) is 1. The van der Waals surface area contributed by atoms with Crippen LogP contribution in [0.2, 0.25) is 0 Å². The predicted octanol–water partition coefficient (Wildman–Crippen LogP) is 5.57. The molecule has 31 heavy (non-hydrogen) atoms. The van der Waals surface area contributed by atoms with Crippen molar-refractivity contribution in [2.75, 3.05) is 5.32 Å². The lowest BCUT2D eigenvalue weighted by Crippen LogP contribution is -2.15. The molecule has 0 saturated carbocycles. The van der Waals surface area contributed by atoms with Gasteiger partial charge in [0, 0.05) is 28.5 Å². The van der Waals surface area contributed by atoms with Gasteiger partial charge in [0.2, 0.25) is 5.95 Å². The third kappa shape index (κ3) is 4.28. The summed E-state index contributed by atoms with van der Waals surface area (Å²) in [6.07, 6.45) is -2.85. The van der Waals surface area contributed by atoms with Crippen LogP contribution in [0.3, 0.4) is 0 Å². The van der Waals surface area contributed by atoms with Crippen molar-refractivity contribution in [3.63, 3.8) is 0 Å². The lowest BCUT2D eigenvalue weighted by atomic mass is 9.95. The zero-order chi connectivity index (χ0) is 22.2. The van der Waals surface area contributed by atoms with Crippen molar-refractivity contribution in [2.45, 2.75) is 26.1 Å². The third-order valence-corrected chi connectivity index (χ3v) is 4.96. The molecule has 0 bridgehead atoms. The number of phenolic OH excluding ortho intramolecular Hbond substituents is 1. The van der Waals surface area contributed by atoms with Gasteiger partial charge in [-0.3, -0.25) is 0 Å². The van der Waals surface area contributed by atoms with Gasteiger partial charge in [0.05, 0.1) is 11.6 Å². The van der Waals surface area contributed by atoms with Crippen LogP contribution in [-0.2, 0) is 6.18 Å². The normalized spacial score (nSPS) is 12.7. The van der Waals surface area contributed by atoms with Gasteiger partial charge in [0.25, 0.3) is 0 Å². The number of aryl methyl sites for hydroxylation is 2. The molecule has 0 aliphatic rings. The second-order valence-corrected chi connectivity index (χ2v) is 7.25. The number of benzene rings is 2. The van der Waals surface area contributed by atoms with Gasteiger partial charge in [0.1, 0.15) is 11.3 Å². The smallest absolute Gasteiger partial charge is 0.416 e. The van der Waals surface area contributed by atoms with E-state index in [9.17, 15) is 18.3 Å². The average Bonchev–Trinajstić information content (AvgIpc) is 2.73. The molecule has 2 aromatic heterocycles. The maximum absolute atomic E-state index is 13.0. The molecule has 1 atom stereocenters. The van der Waals surface area contributed by atoms with E-state index in [1.165, 1.54) is 12.1 Å². The first-order chi connectivity index (χ1) is 14.7. The summed E-state index contributed by atoms with van der Waals surface area (Å²) in [6.45, 7) is 3.62. The Balaban J connectivity index is 1.84. The molecule has 8 heteroatoms. The SMILES string of the molecule is Cc1ccnc(NC(c2ccc(C(F)(F)F)cc2)c2ccc3ccc(C)nc3c2O)n1. The zero-order valence-electron chi connectivity index (χ0n) is 16.8. The highest BCUT2D eigenvalue weighted by atomic mass is 19.4. The summed E-state index contributed by atoms with van der Waals surface area (Å²) in [7, 11) is 0. The van der Waals surface area contributed by atoms with Crippen LogP contribution in [0.15, 0.2) is 60.8 Å². The van der Waals surface area contributed by atoms with Crippen LogP contribution in [-0.4, -0.2) is 20.1 Å². The Hall–Kier alpha value is -3.68. The van der Waals surface area contributed by atoms with Crippen molar-refractivity contribution in [3.8, 4) is 5.75 Å². The number of pyridine rings is 1. The van der Waals surface area contributed by atoms with Crippen molar-refractivity contribution in [3.05, 3.63) is 88.9 Å². The fraction of sp³-hybridized carbons (Fsp3) is 0.174. The number of rotatable bonds is 4. The van der Waals surface area contributed by atoms with E-state index in [1.807, 2.05) is 25.1 Å². The van der Waals surface area contributed by atoms with Crippen LogP contribution in [0, 0.1) is 13.8 Å². The van der Waals surface area contributed by atoms with Gasteiger partial charge in [-0.25, -0.2) is 15.0 Å². The van der Waals surface area contributed by atoms with Crippen LogP contribution in [0.1, 0.15) is 34.1 Å². The number of alkyl halides is 3. The predicted molar refractivity (Wildman–Crippen MR) is 112 cm³/mol. The van der Waals surface area contributed by atoms with Gasteiger partial charge in [-0.1, -0.05) is 30.3 Å². The highest BCUT2D eigenvalue weighted by molar-refractivity contribution is 5.86. The van der Waals surface area contributed by atoms with Crippen LogP contribution in [0.4, 0.5) is 19.1 Å². The largest absolute Gasteiger partial charge is 0.505 e. The number of nitrogens with zero attached hydrogens (tertiary/aromatic N) is 3. The van der Waals surface area contributed by atoms with Crippen molar-refractivity contribution in [1.82, 2.24) is 15.0 Å². The highest BCUT2D eigenvalue weighted by Crippen LogP contribution is 2.37. The zero-order valence-corrected chi connectivity index (χ0v) is 16.8. The molecule has 4 aromatic rings. The monoisotopic (exact) mass is 424 g/mol. The van der Waals surface area contributed by atoms with Gasteiger partial charge >= 0.3 is 6.18 Å². The molecule has 0 amide bonds. The minimum atomic E-state index is -4.44. The Morgan fingerprint density at radius 3 is 2.23 bits per heavy atom. The Morgan fingerprint density at radius 2 is 1.55 bits per heavy atom. The van der Waals surface area contributed by atoms with E-state index in [0.29, 0.717) is 22.6 Å². The molecule has 0 radical (unpaired) electrons. The van der Waals surface area contributed by atoms with Gasteiger partial charge in [-0.05, 0) is 43.7 Å². The van der Waals surface area contributed by atoms with E-state index < -0.39 is 17.8 Å². The molecule has 0 fully saturated rings. The standard InChI is InChI=1S/C23H19F3N4O/c1-13-3-4-16-7-10-18(21(31)20(16)28-13)19(30-22-27-12-11-14(2)29-22)15-5-8-17(9-6-15)23(24,25)26/h3-12,19,31H,1-2H3,(H,27,29,30). The second kappa shape index (κ2) is 7.86. The summed E-state index contributed by atoms with van der Waals surface area (Å²) < 4.78 is 39.1. The first-order valence-corrected chi connectivity index (χ1v) is 9.55. The molecule has 4 rings (SSSR count). The minimum absolute atomic E-state index is 0.0498. The number of aromatic nitrogens is 3. The van der Waals surface area contributed by atoms with Gasteiger partial charge in [-0.2, -0.15) is 13.2 Å². The van der Waals surface area contributed by atoms with E-state index >= 15 is 0 Å². The van der Waals surface area contributed by atoms with E-state index in [1.54, 1.807) is 25.3 Å². The summed E-state index contributed by atoms with van der Waals surface area (Å²) in [5, 5.41) is 14.9. The Labute approximate surface area is 176 Å². The summed E-state index contributed by atoms with van der Waals surface area (Å²) in [4.78, 5) is 12.9. The molecule has 5 nitrogen and oxygen atoms in total. The van der Waals surface area contributed by atoms with E-state index in [-0.39, 0.29) is 5.75 Å². The van der Waals surface area contributed by atoms with Crippen molar-refractivity contribution < 1.29 is 18.3 Å². The summed E-state index contributed by atoms with van der Waals surface area (Å²) >= 11 is 0. The molecule has 1 unspecified atom stereocenters. The van der Waals surface area contributed by atoms with Crippen molar-refractivity contribution >= 4 is 16.9 Å².